The van der Waals surface area contributed by atoms with E-state index in [0.717, 1.165) is 6.42 Å². The molecule has 1 rings (SSSR count). The second kappa shape index (κ2) is 5.14. The Hall–Kier alpha value is -0.620. The predicted molar refractivity (Wildman–Crippen MR) is 62.4 cm³/mol. The van der Waals surface area contributed by atoms with Gasteiger partial charge in [-0.3, -0.25) is 4.79 Å². The first kappa shape index (κ1) is 13.4. The highest BCUT2D eigenvalue weighted by molar-refractivity contribution is 7.89. The Labute approximate surface area is 97.2 Å². The third kappa shape index (κ3) is 4.09. The molecule has 1 fully saturated rings. The number of sulfonamides is 1. The number of rotatable bonds is 4. The predicted octanol–water partition coefficient (Wildman–Crippen LogP) is 0.183. The second-order valence-electron chi connectivity index (χ2n) is 4.73. The molecule has 0 radical (unpaired) electrons. The van der Waals surface area contributed by atoms with Crippen molar-refractivity contribution in [1.29, 1.82) is 0 Å². The topological polar surface area (TPSA) is 66.5 Å². The number of hydrogen-bond donors (Lipinski definition) is 1. The average Bonchev–Trinajstić information content (AvgIpc) is 2.08. The maximum Gasteiger partial charge on any atom is 0.222 e. The van der Waals surface area contributed by atoms with Gasteiger partial charge >= 0.3 is 0 Å². The minimum absolute atomic E-state index is 0.0380. The van der Waals surface area contributed by atoms with Crippen molar-refractivity contribution in [3.63, 3.8) is 0 Å². The van der Waals surface area contributed by atoms with E-state index in [2.05, 4.69) is 4.72 Å². The third-order valence-electron chi connectivity index (χ3n) is 2.63. The largest absolute Gasteiger partial charge is 0.346 e. The highest BCUT2D eigenvalue weighted by Gasteiger charge is 2.27. The van der Waals surface area contributed by atoms with E-state index in [-0.39, 0.29) is 23.6 Å². The van der Waals surface area contributed by atoms with E-state index in [0.29, 0.717) is 13.0 Å². The van der Waals surface area contributed by atoms with Crippen LogP contribution in [-0.2, 0) is 14.8 Å². The van der Waals surface area contributed by atoms with Gasteiger partial charge in [0.2, 0.25) is 15.9 Å². The lowest BCUT2D eigenvalue weighted by atomic mass is 9.99. The summed E-state index contributed by atoms with van der Waals surface area (Å²) >= 11 is 0. The fourth-order valence-corrected chi connectivity index (χ4v) is 3.59. The summed E-state index contributed by atoms with van der Waals surface area (Å²) in [6, 6.07) is -0.0908. The highest BCUT2D eigenvalue weighted by Crippen LogP contribution is 2.18. The molecule has 0 aromatic carbocycles. The van der Waals surface area contributed by atoms with Crippen molar-refractivity contribution >= 4 is 15.9 Å². The molecule has 1 unspecified atom stereocenters. The Morgan fingerprint density at radius 2 is 2.12 bits per heavy atom. The van der Waals surface area contributed by atoms with Gasteiger partial charge in [-0.2, -0.15) is 0 Å². The molecule has 1 N–H and O–H groups in total. The minimum atomic E-state index is -3.24. The Balaban J connectivity index is 2.52. The number of carbonyl (C=O) groups excluding carboxylic acids is 1. The van der Waals surface area contributed by atoms with Gasteiger partial charge in [0.1, 0.15) is 0 Å². The van der Waals surface area contributed by atoms with Gasteiger partial charge in [-0.05, 0) is 26.2 Å². The third-order valence-corrected chi connectivity index (χ3v) is 4.37. The van der Waals surface area contributed by atoms with E-state index in [1.807, 2.05) is 0 Å². The summed E-state index contributed by atoms with van der Waals surface area (Å²) in [6.45, 7) is 4.23. The van der Waals surface area contributed by atoms with Gasteiger partial charge in [0.05, 0.1) is 5.75 Å². The van der Waals surface area contributed by atoms with Crippen LogP contribution in [0.5, 0.6) is 0 Å². The molecule has 94 valence electrons. The molecule has 5 nitrogen and oxygen atoms in total. The fourth-order valence-electron chi connectivity index (χ4n) is 1.87. The molecule has 0 spiro atoms. The lowest BCUT2D eigenvalue weighted by molar-refractivity contribution is -0.133. The highest BCUT2D eigenvalue weighted by atomic mass is 32.2. The molecule has 1 atom stereocenters. The molecule has 0 aliphatic carbocycles. The van der Waals surface area contributed by atoms with Crippen LogP contribution in [0, 0.1) is 5.92 Å². The Morgan fingerprint density at radius 3 is 2.62 bits per heavy atom. The smallest absolute Gasteiger partial charge is 0.222 e. The summed E-state index contributed by atoms with van der Waals surface area (Å²) in [7, 11) is -1.49. The maximum atomic E-state index is 11.7. The first-order valence-corrected chi connectivity index (χ1v) is 7.19. The van der Waals surface area contributed by atoms with Gasteiger partial charge in [0.25, 0.3) is 0 Å². The molecular weight excluding hydrogens is 228 g/mol. The summed E-state index contributed by atoms with van der Waals surface area (Å²) in [6.07, 6.45) is 1.11. The van der Waals surface area contributed by atoms with E-state index < -0.39 is 10.0 Å². The van der Waals surface area contributed by atoms with E-state index in [9.17, 15) is 13.2 Å². The zero-order chi connectivity index (χ0) is 12.3. The molecule has 0 aromatic rings. The van der Waals surface area contributed by atoms with E-state index in [1.165, 1.54) is 0 Å². The summed E-state index contributed by atoms with van der Waals surface area (Å²) < 4.78 is 25.9. The van der Waals surface area contributed by atoms with Crippen molar-refractivity contribution in [2.75, 3.05) is 19.3 Å². The van der Waals surface area contributed by atoms with Crippen LogP contribution in [0.2, 0.25) is 0 Å². The molecule has 1 saturated heterocycles. The number of carbonyl (C=O) groups is 1. The van der Waals surface area contributed by atoms with Crippen LogP contribution >= 0.6 is 0 Å². The van der Waals surface area contributed by atoms with Crippen LogP contribution in [0.1, 0.15) is 26.7 Å². The number of piperidine rings is 1. The van der Waals surface area contributed by atoms with Crippen LogP contribution in [0.15, 0.2) is 0 Å². The zero-order valence-electron chi connectivity index (χ0n) is 10.1. The Bertz CT molecular complexity index is 351. The van der Waals surface area contributed by atoms with Crippen molar-refractivity contribution in [2.24, 2.45) is 5.92 Å². The van der Waals surface area contributed by atoms with Crippen LogP contribution in [0.3, 0.4) is 0 Å². The average molecular weight is 248 g/mol. The molecular formula is C10H20N2O3S. The van der Waals surface area contributed by atoms with E-state index in [4.69, 9.17) is 0 Å². The molecule has 16 heavy (non-hydrogen) atoms. The molecule has 6 heteroatoms. The first-order chi connectivity index (χ1) is 7.30. The van der Waals surface area contributed by atoms with Crippen molar-refractivity contribution in [1.82, 2.24) is 9.62 Å². The number of nitrogens with zero attached hydrogens (tertiary/aromatic N) is 1. The Morgan fingerprint density at radius 1 is 1.50 bits per heavy atom. The zero-order valence-corrected chi connectivity index (χ0v) is 10.9. The minimum Gasteiger partial charge on any atom is -0.346 e. The van der Waals surface area contributed by atoms with Crippen molar-refractivity contribution < 1.29 is 13.2 Å². The van der Waals surface area contributed by atoms with Gasteiger partial charge in [-0.15, -0.1) is 0 Å². The normalized spacial score (nSPS) is 22.9. The lowest BCUT2D eigenvalue weighted by Crippen LogP contribution is -2.41. The molecule has 0 aromatic heterocycles. The number of hydrogen-bond acceptors (Lipinski definition) is 3. The Kier molecular flexibility index (Phi) is 4.32. The van der Waals surface area contributed by atoms with Crippen LogP contribution < -0.4 is 4.72 Å². The van der Waals surface area contributed by atoms with Crippen molar-refractivity contribution in [3.05, 3.63) is 0 Å². The lowest BCUT2D eigenvalue weighted by Gasteiger charge is -2.28. The summed E-state index contributed by atoms with van der Waals surface area (Å²) in [5.74, 6) is 0.0565. The molecule has 1 amide bonds. The summed E-state index contributed by atoms with van der Waals surface area (Å²) in [4.78, 5) is 13.1. The monoisotopic (exact) mass is 248 g/mol. The number of amides is 1. The summed E-state index contributed by atoms with van der Waals surface area (Å²) in [5.41, 5.74) is 0. The van der Waals surface area contributed by atoms with Gasteiger partial charge in [-0.25, -0.2) is 13.1 Å². The first-order valence-electron chi connectivity index (χ1n) is 5.54. The van der Waals surface area contributed by atoms with Crippen LogP contribution in [-0.4, -0.2) is 44.6 Å². The van der Waals surface area contributed by atoms with Crippen molar-refractivity contribution in [2.45, 2.75) is 32.7 Å². The van der Waals surface area contributed by atoms with Crippen LogP contribution in [0.25, 0.3) is 0 Å². The van der Waals surface area contributed by atoms with Gasteiger partial charge in [0.15, 0.2) is 0 Å². The molecule has 0 bridgehead atoms. The van der Waals surface area contributed by atoms with Crippen molar-refractivity contribution in [3.8, 4) is 0 Å². The molecule has 0 saturated carbocycles. The van der Waals surface area contributed by atoms with Gasteiger partial charge in [0, 0.05) is 26.1 Å². The molecule has 1 heterocycles. The van der Waals surface area contributed by atoms with Crippen LogP contribution in [0.4, 0.5) is 0 Å². The van der Waals surface area contributed by atoms with Gasteiger partial charge in [-0.1, -0.05) is 0 Å². The maximum absolute atomic E-state index is 11.7. The van der Waals surface area contributed by atoms with E-state index in [1.54, 1.807) is 25.8 Å². The molecule has 1 aliphatic heterocycles. The fraction of sp³-hybridized carbons (Fsp3) is 0.900. The second-order valence-corrected chi connectivity index (χ2v) is 6.53. The molecule has 1 aliphatic rings. The SMILES string of the molecule is CC(C)NS(=O)(=O)CC1CCN(C)C(=O)C1. The standard InChI is InChI=1S/C10H20N2O3S/c1-8(2)11-16(14,15)7-9-4-5-12(3)10(13)6-9/h8-9,11H,4-7H2,1-3H3. The quantitative estimate of drug-likeness (QED) is 0.772. The van der Waals surface area contributed by atoms with E-state index >= 15 is 0 Å². The number of nitrogens with one attached hydrogen (secondary N) is 1. The summed E-state index contributed by atoms with van der Waals surface area (Å²) in [5, 5.41) is 0. The van der Waals surface area contributed by atoms with Gasteiger partial charge < -0.3 is 4.90 Å². The number of likely N-dealkylation sites (tertiary alicyclic amines) is 1.